The summed E-state index contributed by atoms with van der Waals surface area (Å²) in [5.74, 6) is 0.752. The smallest absolute Gasteiger partial charge is 0.240 e. The van der Waals surface area contributed by atoms with E-state index in [1.807, 2.05) is 12.1 Å². The molecule has 0 radical (unpaired) electrons. The predicted octanol–water partition coefficient (Wildman–Crippen LogP) is 1.29. The van der Waals surface area contributed by atoms with Crippen LogP contribution in [-0.2, 0) is 21.3 Å². The Morgan fingerprint density at radius 1 is 1.13 bits per heavy atom. The predicted molar refractivity (Wildman–Crippen MR) is 119 cm³/mol. The number of hydrogen-bond donors (Lipinski definition) is 3. The Balaban J connectivity index is 1.41. The van der Waals surface area contributed by atoms with E-state index in [0.29, 0.717) is 19.7 Å². The number of nitrogens with one attached hydrogen (secondary N) is 3. The number of sulfonamides is 1. The van der Waals surface area contributed by atoms with Gasteiger partial charge in [0.05, 0.1) is 11.0 Å². The van der Waals surface area contributed by atoms with Crippen LogP contribution in [0.5, 0.6) is 0 Å². The molecule has 9 heteroatoms. The lowest BCUT2D eigenvalue weighted by atomic mass is 10.1. The summed E-state index contributed by atoms with van der Waals surface area (Å²) in [6, 6.07) is 6.94. The van der Waals surface area contributed by atoms with Gasteiger partial charge in [-0.15, -0.1) is 0 Å². The van der Waals surface area contributed by atoms with E-state index in [1.54, 1.807) is 19.2 Å². The third kappa shape index (κ3) is 7.23. The normalized spacial score (nSPS) is 21.0. The van der Waals surface area contributed by atoms with Crippen molar-refractivity contribution >= 4 is 16.0 Å². The average Bonchev–Trinajstić information content (AvgIpc) is 3.30. The van der Waals surface area contributed by atoms with Crippen LogP contribution in [0.2, 0.25) is 0 Å². The van der Waals surface area contributed by atoms with Gasteiger partial charge in [0.15, 0.2) is 5.96 Å². The minimum Gasteiger partial charge on any atom is -0.377 e. The van der Waals surface area contributed by atoms with E-state index >= 15 is 0 Å². The number of hydrogen-bond acceptors (Lipinski definition) is 5. The van der Waals surface area contributed by atoms with Crippen LogP contribution in [0.4, 0.5) is 0 Å². The van der Waals surface area contributed by atoms with Gasteiger partial charge in [0.1, 0.15) is 0 Å². The fourth-order valence-corrected chi connectivity index (χ4v) is 4.87. The van der Waals surface area contributed by atoms with Crippen molar-refractivity contribution in [1.82, 2.24) is 20.3 Å². The standard InChI is InChI=1S/C21H35N5O3S/c1-22-21(23-11-14-26-12-3-2-4-13-26)24-16-18-7-9-20(10-8-18)30(27,28)25-17-19-6-5-15-29-19/h7-10,19,25H,2-6,11-17H2,1H3,(H2,22,23,24). The summed E-state index contributed by atoms with van der Waals surface area (Å²) in [5.41, 5.74) is 0.993. The first kappa shape index (κ1) is 23.0. The molecule has 2 fully saturated rings. The molecule has 30 heavy (non-hydrogen) atoms. The lowest BCUT2D eigenvalue weighted by Gasteiger charge is -2.26. The topological polar surface area (TPSA) is 95.1 Å². The molecule has 1 unspecified atom stereocenters. The molecule has 8 nitrogen and oxygen atoms in total. The lowest BCUT2D eigenvalue weighted by molar-refractivity contribution is 0.114. The van der Waals surface area contributed by atoms with E-state index in [1.165, 1.54) is 32.4 Å². The number of ether oxygens (including phenoxy) is 1. The lowest BCUT2D eigenvalue weighted by Crippen LogP contribution is -2.42. The molecule has 1 aromatic carbocycles. The van der Waals surface area contributed by atoms with E-state index in [2.05, 4.69) is 25.2 Å². The third-order valence-corrected chi connectivity index (χ3v) is 7.05. The molecule has 0 aromatic heterocycles. The summed E-state index contributed by atoms with van der Waals surface area (Å²) in [6.07, 6.45) is 5.81. The van der Waals surface area contributed by atoms with Crippen LogP contribution >= 0.6 is 0 Å². The molecule has 2 aliphatic heterocycles. The maximum absolute atomic E-state index is 12.4. The van der Waals surface area contributed by atoms with Crippen molar-refractivity contribution in [2.45, 2.75) is 49.6 Å². The van der Waals surface area contributed by atoms with Crippen LogP contribution in [-0.4, -0.2) is 71.8 Å². The number of likely N-dealkylation sites (tertiary alicyclic amines) is 1. The summed E-state index contributed by atoms with van der Waals surface area (Å²) < 4.78 is 33.0. The van der Waals surface area contributed by atoms with Crippen molar-refractivity contribution in [2.24, 2.45) is 4.99 Å². The number of aliphatic imine (C=N–C) groups is 1. The maximum atomic E-state index is 12.4. The van der Waals surface area contributed by atoms with Crippen LogP contribution in [0.3, 0.4) is 0 Å². The second-order valence-corrected chi connectivity index (χ2v) is 9.65. The Morgan fingerprint density at radius 2 is 1.90 bits per heavy atom. The quantitative estimate of drug-likeness (QED) is 0.398. The molecule has 1 aromatic rings. The largest absolute Gasteiger partial charge is 0.377 e. The summed E-state index contributed by atoms with van der Waals surface area (Å²) in [7, 11) is -1.76. The summed E-state index contributed by atoms with van der Waals surface area (Å²) in [6.45, 7) is 5.86. The van der Waals surface area contributed by atoms with Gasteiger partial charge in [-0.25, -0.2) is 13.1 Å². The highest BCUT2D eigenvalue weighted by molar-refractivity contribution is 7.89. The van der Waals surface area contributed by atoms with E-state index in [-0.39, 0.29) is 11.0 Å². The van der Waals surface area contributed by atoms with Gasteiger partial charge in [0.25, 0.3) is 0 Å². The Bertz CT molecular complexity index is 770. The fraction of sp³-hybridized carbons (Fsp3) is 0.667. The van der Waals surface area contributed by atoms with Crippen molar-refractivity contribution < 1.29 is 13.2 Å². The van der Waals surface area contributed by atoms with Crippen molar-refractivity contribution in [3.63, 3.8) is 0 Å². The minimum atomic E-state index is -3.51. The van der Waals surface area contributed by atoms with Crippen molar-refractivity contribution in [2.75, 3.05) is 46.4 Å². The highest BCUT2D eigenvalue weighted by atomic mass is 32.2. The molecule has 2 saturated heterocycles. The first-order chi connectivity index (χ1) is 14.6. The molecule has 0 aliphatic carbocycles. The zero-order chi connectivity index (χ0) is 21.2. The van der Waals surface area contributed by atoms with Gasteiger partial charge >= 0.3 is 0 Å². The SMILES string of the molecule is CN=C(NCCN1CCCCC1)NCc1ccc(S(=O)(=O)NCC2CCCO2)cc1. The highest BCUT2D eigenvalue weighted by Crippen LogP contribution is 2.14. The number of nitrogens with zero attached hydrogens (tertiary/aromatic N) is 2. The van der Waals surface area contributed by atoms with Crippen molar-refractivity contribution in [3.05, 3.63) is 29.8 Å². The molecule has 0 amide bonds. The Morgan fingerprint density at radius 3 is 2.57 bits per heavy atom. The summed E-state index contributed by atoms with van der Waals surface area (Å²) in [4.78, 5) is 7.02. The van der Waals surface area contributed by atoms with Crippen LogP contribution in [0, 0.1) is 0 Å². The van der Waals surface area contributed by atoms with Gasteiger partial charge in [-0.2, -0.15) is 0 Å². The summed E-state index contributed by atoms with van der Waals surface area (Å²) >= 11 is 0. The first-order valence-corrected chi connectivity index (χ1v) is 12.4. The average molecular weight is 438 g/mol. The maximum Gasteiger partial charge on any atom is 0.240 e. The molecular formula is C21H35N5O3S. The van der Waals surface area contributed by atoms with E-state index in [9.17, 15) is 8.42 Å². The van der Waals surface area contributed by atoms with Crippen LogP contribution in [0.25, 0.3) is 0 Å². The van der Waals surface area contributed by atoms with Crippen LogP contribution < -0.4 is 15.4 Å². The van der Waals surface area contributed by atoms with E-state index in [4.69, 9.17) is 4.74 Å². The fourth-order valence-electron chi connectivity index (χ4n) is 3.80. The molecular weight excluding hydrogens is 402 g/mol. The van der Waals surface area contributed by atoms with E-state index < -0.39 is 10.0 Å². The molecule has 3 rings (SSSR count). The van der Waals surface area contributed by atoms with Gasteiger partial charge < -0.3 is 20.3 Å². The van der Waals surface area contributed by atoms with Crippen molar-refractivity contribution in [1.29, 1.82) is 0 Å². The second kappa shape index (κ2) is 11.6. The van der Waals surface area contributed by atoms with Gasteiger partial charge in [-0.3, -0.25) is 4.99 Å². The second-order valence-electron chi connectivity index (χ2n) is 7.89. The van der Waals surface area contributed by atoms with Crippen LogP contribution in [0.1, 0.15) is 37.7 Å². The molecule has 2 heterocycles. The molecule has 0 spiro atoms. The molecule has 0 saturated carbocycles. The molecule has 2 aliphatic rings. The Kier molecular flexibility index (Phi) is 8.92. The Labute approximate surface area is 180 Å². The highest BCUT2D eigenvalue weighted by Gasteiger charge is 2.20. The van der Waals surface area contributed by atoms with Gasteiger partial charge in [-0.05, 0) is 56.5 Å². The monoisotopic (exact) mass is 437 g/mol. The number of piperidine rings is 1. The van der Waals surface area contributed by atoms with Gasteiger partial charge in [0.2, 0.25) is 10.0 Å². The number of guanidine groups is 1. The van der Waals surface area contributed by atoms with Gasteiger partial charge in [-0.1, -0.05) is 18.6 Å². The number of rotatable bonds is 9. The zero-order valence-corrected chi connectivity index (χ0v) is 18.7. The van der Waals surface area contributed by atoms with E-state index in [0.717, 1.165) is 37.5 Å². The molecule has 0 bridgehead atoms. The molecule has 168 valence electrons. The van der Waals surface area contributed by atoms with Gasteiger partial charge in [0, 0.05) is 39.8 Å². The first-order valence-electron chi connectivity index (χ1n) is 10.9. The minimum absolute atomic E-state index is 0.0163. The Hall–Kier alpha value is -1.68. The third-order valence-electron chi connectivity index (χ3n) is 5.61. The molecule has 1 atom stereocenters. The summed E-state index contributed by atoms with van der Waals surface area (Å²) in [5, 5.41) is 6.63. The van der Waals surface area contributed by atoms with Crippen LogP contribution in [0.15, 0.2) is 34.2 Å². The number of benzene rings is 1. The molecule has 3 N–H and O–H groups in total. The zero-order valence-electron chi connectivity index (χ0n) is 17.9. The van der Waals surface area contributed by atoms with Crippen molar-refractivity contribution in [3.8, 4) is 0 Å².